The molecule has 1 heterocycles. The van der Waals surface area contributed by atoms with E-state index < -0.39 is 0 Å². The normalized spacial score (nSPS) is 21.4. The van der Waals surface area contributed by atoms with Gasteiger partial charge < -0.3 is 5.32 Å². The van der Waals surface area contributed by atoms with Gasteiger partial charge in [0.1, 0.15) is 0 Å². The van der Waals surface area contributed by atoms with E-state index in [-0.39, 0.29) is 0 Å². The van der Waals surface area contributed by atoms with Gasteiger partial charge in [0.25, 0.3) is 0 Å². The van der Waals surface area contributed by atoms with E-state index in [1.807, 2.05) is 0 Å². The summed E-state index contributed by atoms with van der Waals surface area (Å²) in [5, 5.41) is 7.07. The van der Waals surface area contributed by atoms with Gasteiger partial charge >= 0.3 is 0 Å². The van der Waals surface area contributed by atoms with Gasteiger partial charge in [-0.2, -0.15) is 0 Å². The van der Waals surface area contributed by atoms with Gasteiger partial charge in [0.2, 0.25) is 0 Å². The molecular weight excluding hydrogens is 228 g/mol. The SMILES string of the molecule is Cc1nc(C(C)N[C@@H](C)C2CCCCC2)cs1. The highest BCUT2D eigenvalue weighted by atomic mass is 32.1. The van der Waals surface area contributed by atoms with Crippen LogP contribution in [-0.2, 0) is 0 Å². The molecule has 0 amide bonds. The lowest BCUT2D eigenvalue weighted by Gasteiger charge is -2.30. The van der Waals surface area contributed by atoms with Crippen molar-refractivity contribution in [2.75, 3.05) is 0 Å². The Hall–Kier alpha value is -0.410. The minimum atomic E-state index is 0.386. The highest BCUT2D eigenvalue weighted by molar-refractivity contribution is 7.09. The number of nitrogens with one attached hydrogen (secondary N) is 1. The van der Waals surface area contributed by atoms with Crippen LogP contribution in [0.2, 0.25) is 0 Å². The largest absolute Gasteiger partial charge is 0.306 e. The third-order valence-electron chi connectivity index (χ3n) is 3.95. The Kier molecular flexibility index (Phi) is 4.57. The summed E-state index contributed by atoms with van der Waals surface area (Å²) in [7, 11) is 0. The average Bonchev–Trinajstić information content (AvgIpc) is 2.77. The second kappa shape index (κ2) is 5.96. The fourth-order valence-electron chi connectivity index (χ4n) is 2.83. The van der Waals surface area contributed by atoms with Crippen LogP contribution in [0.5, 0.6) is 0 Å². The van der Waals surface area contributed by atoms with Crippen LogP contribution in [0.1, 0.15) is 62.7 Å². The van der Waals surface area contributed by atoms with Crippen LogP contribution >= 0.6 is 11.3 Å². The van der Waals surface area contributed by atoms with Gasteiger partial charge in [-0.1, -0.05) is 19.3 Å². The minimum Gasteiger partial charge on any atom is -0.306 e. The van der Waals surface area contributed by atoms with Gasteiger partial charge in [-0.25, -0.2) is 4.98 Å². The topological polar surface area (TPSA) is 24.9 Å². The van der Waals surface area contributed by atoms with Crippen LogP contribution in [0.3, 0.4) is 0 Å². The summed E-state index contributed by atoms with van der Waals surface area (Å²) in [6, 6.07) is 1.00. The Balaban J connectivity index is 1.87. The number of nitrogens with zero attached hydrogens (tertiary/aromatic N) is 1. The number of hydrogen-bond donors (Lipinski definition) is 1. The molecule has 96 valence electrons. The minimum absolute atomic E-state index is 0.386. The third kappa shape index (κ3) is 3.52. The predicted molar refractivity (Wildman–Crippen MR) is 74.4 cm³/mol. The quantitative estimate of drug-likeness (QED) is 0.873. The molecule has 1 aromatic heterocycles. The number of thiazole rings is 1. The summed E-state index contributed by atoms with van der Waals surface area (Å²) in [4.78, 5) is 4.56. The highest BCUT2D eigenvalue weighted by Crippen LogP contribution is 2.27. The molecule has 1 unspecified atom stereocenters. The van der Waals surface area contributed by atoms with Gasteiger partial charge in [0, 0.05) is 17.5 Å². The smallest absolute Gasteiger partial charge is 0.0898 e. The van der Waals surface area contributed by atoms with Crippen LogP contribution in [0, 0.1) is 12.8 Å². The lowest BCUT2D eigenvalue weighted by atomic mass is 9.84. The van der Waals surface area contributed by atoms with Gasteiger partial charge in [-0.15, -0.1) is 11.3 Å². The van der Waals surface area contributed by atoms with E-state index in [1.54, 1.807) is 11.3 Å². The van der Waals surface area contributed by atoms with E-state index in [1.165, 1.54) is 42.8 Å². The molecule has 17 heavy (non-hydrogen) atoms. The maximum absolute atomic E-state index is 4.56. The molecule has 0 saturated heterocycles. The first-order valence-electron chi connectivity index (χ1n) is 6.85. The van der Waals surface area contributed by atoms with Crippen LogP contribution in [-0.4, -0.2) is 11.0 Å². The summed E-state index contributed by atoms with van der Waals surface area (Å²) in [5.41, 5.74) is 1.20. The first-order chi connectivity index (χ1) is 8.16. The van der Waals surface area contributed by atoms with E-state index in [0.717, 1.165) is 5.92 Å². The van der Waals surface area contributed by atoms with Crippen molar-refractivity contribution in [3.8, 4) is 0 Å². The molecule has 0 aliphatic heterocycles. The van der Waals surface area contributed by atoms with E-state index in [9.17, 15) is 0 Å². The molecule has 2 nitrogen and oxygen atoms in total. The molecule has 3 heteroatoms. The Morgan fingerprint density at radius 2 is 2.00 bits per heavy atom. The molecule has 0 bridgehead atoms. The van der Waals surface area contributed by atoms with Gasteiger partial charge in [0.05, 0.1) is 10.7 Å². The fourth-order valence-corrected chi connectivity index (χ4v) is 3.54. The highest BCUT2D eigenvalue weighted by Gasteiger charge is 2.22. The summed E-state index contributed by atoms with van der Waals surface area (Å²) in [6.07, 6.45) is 7.07. The Bertz CT molecular complexity index is 342. The fraction of sp³-hybridized carbons (Fsp3) is 0.786. The van der Waals surface area contributed by atoms with E-state index in [4.69, 9.17) is 0 Å². The van der Waals surface area contributed by atoms with Crippen LogP contribution in [0.25, 0.3) is 0 Å². The van der Waals surface area contributed by atoms with Crippen LogP contribution < -0.4 is 5.32 Å². The number of aryl methyl sites for hydroxylation is 1. The summed E-state index contributed by atoms with van der Waals surface area (Å²) in [6.45, 7) is 6.64. The van der Waals surface area contributed by atoms with E-state index >= 15 is 0 Å². The van der Waals surface area contributed by atoms with Crippen molar-refractivity contribution >= 4 is 11.3 Å². The molecule has 1 saturated carbocycles. The molecule has 2 rings (SSSR count). The van der Waals surface area contributed by atoms with Crippen LogP contribution in [0.15, 0.2) is 5.38 Å². The lowest BCUT2D eigenvalue weighted by Crippen LogP contribution is -2.36. The Morgan fingerprint density at radius 1 is 1.29 bits per heavy atom. The first kappa shape index (κ1) is 13.0. The molecule has 1 fully saturated rings. The van der Waals surface area contributed by atoms with Crippen molar-refractivity contribution in [1.29, 1.82) is 0 Å². The van der Waals surface area contributed by atoms with Gasteiger partial charge in [-0.3, -0.25) is 0 Å². The molecule has 1 N–H and O–H groups in total. The lowest BCUT2D eigenvalue weighted by molar-refractivity contribution is 0.267. The van der Waals surface area contributed by atoms with Crippen molar-refractivity contribution in [3.63, 3.8) is 0 Å². The zero-order valence-corrected chi connectivity index (χ0v) is 12.0. The third-order valence-corrected chi connectivity index (χ3v) is 4.74. The second-order valence-corrected chi connectivity index (χ2v) is 6.43. The molecule has 0 aromatic carbocycles. The van der Waals surface area contributed by atoms with Crippen molar-refractivity contribution in [3.05, 3.63) is 16.1 Å². The van der Waals surface area contributed by atoms with Gasteiger partial charge in [0.15, 0.2) is 0 Å². The first-order valence-corrected chi connectivity index (χ1v) is 7.73. The summed E-state index contributed by atoms with van der Waals surface area (Å²) < 4.78 is 0. The van der Waals surface area contributed by atoms with E-state index in [0.29, 0.717) is 12.1 Å². The number of rotatable bonds is 4. The van der Waals surface area contributed by atoms with Crippen molar-refractivity contribution in [1.82, 2.24) is 10.3 Å². The van der Waals surface area contributed by atoms with E-state index in [2.05, 4.69) is 36.5 Å². The molecular formula is C14H24N2S. The Morgan fingerprint density at radius 3 is 2.59 bits per heavy atom. The predicted octanol–water partition coefficient (Wildman–Crippen LogP) is 4.07. The number of hydrogen-bond acceptors (Lipinski definition) is 3. The van der Waals surface area contributed by atoms with Crippen molar-refractivity contribution in [2.24, 2.45) is 5.92 Å². The maximum Gasteiger partial charge on any atom is 0.0898 e. The second-order valence-electron chi connectivity index (χ2n) is 5.37. The maximum atomic E-state index is 4.56. The molecule has 0 radical (unpaired) electrons. The zero-order chi connectivity index (χ0) is 12.3. The molecule has 1 aliphatic carbocycles. The summed E-state index contributed by atoms with van der Waals surface area (Å²) in [5.74, 6) is 0.867. The average molecular weight is 252 g/mol. The molecule has 1 aromatic rings. The molecule has 2 atom stereocenters. The molecule has 0 spiro atoms. The van der Waals surface area contributed by atoms with Crippen molar-refractivity contribution < 1.29 is 0 Å². The van der Waals surface area contributed by atoms with Gasteiger partial charge in [-0.05, 0) is 39.5 Å². The molecule has 1 aliphatic rings. The van der Waals surface area contributed by atoms with Crippen molar-refractivity contribution in [2.45, 2.75) is 65.0 Å². The number of aromatic nitrogens is 1. The summed E-state index contributed by atoms with van der Waals surface area (Å²) >= 11 is 1.74. The van der Waals surface area contributed by atoms with Crippen LogP contribution in [0.4, 0.5) is 0 Å². The standard InChI is InChI=1S/C14H24N2S/c1-10(13-7-5-4-6-8-13)15-11(2)14-9-17-12(3)16-14/h9-11,13,15H,4-8H2,1-3H3/t10-,11?/m0/s1. The zero-order valence-electron chi connectivity index (χ0n) is 11.2. The Labute approximate surface area is 109 Å². The monoisotopic (exact) mass is 252 g/mol.